The topological polar surface area (TPSA) is 105 Å². The lowest BCUT2D eigenvalue weighted by Crippen LogP contribution is -2.53. The number of hydrogen-bond acceptors (Lipinski definition) is 6. The van der Waals surface area contributed by atoms with E-state index in [0.29, 0.717) is 23.6 Å². The van der Waals surface area contributed by atoms with Gasteiger partial charge in [0, 0.05) is 18.7 Å². The largest absolute Gasteiger partial charge is 0.454 e. The van der Waals surface area contributed by atoms with Crippen LogP contribution in [-0.2, 0) is 26.2 Å². The summed E-state index contributed by atoms with van der Waals surface area (Å²) in [6.45, 7) is 7.01. The third-order valence-electron chi connectivity index (χ3n) is 6.21. The maximum absolute atomic E-state index is 13.8. The predicted octanol–water partition coefficient (Wildman–Crippen LogP) is 3.29. The Morgan fingerprint density at radius 2 is 1.69 bits per heavy atom. The molecule has 2 aromatic rings. The van der Waals surface area contributed by atoms with Gasteiger partial charge in [-0.15, -0.1) is 0 Å². The molecule has 2 atom stereocenters. The van der Waals surface area contributed by atoms with Gasteiger partial charge >= 0.3 is 0 Å². The van der Waals surface area contributed by atoms with Crippen molar-refractivity contribution < 1.29 is 27.5 Å². The molecule has 36 heavy (non-hydrogen) atoms. The molecule has 9 nitrogen and oxygen atoms in total. The monoisotopic (exact) mass is 517 g/mol. The van der Waals surface area contributed by atoms with E-state index in [4.69, 9.17) is 9.47 Å². The van der Waals surface area contributed by atoms with Crippen LogP contribution in [0.15, 0.2) is 48.5 Å². The number of benzene rings is 2. The Kier molecular flexibility index (Phi) is 9.19. The van der Waals surface area contributed by atoms with Crippen molar-refractivity contribution in [3.63, 3.8) is 0 Å². The van der Waals surface area contributed by atoms with Crippen LogP contribution in [-0.4, -0.2) is 56.3 Å². The van der Waals surface area contributed by atoms with Gasteiger partial charge in [-0.05, 0) is 44.4 Å². The van der Waals surface area contributed by atoms with Crippen molar-refractivity contribution in [3.05, 3.63) is 54.1 Å². The summed E-state index contributed by atoms with van der Waals surface area (Å²) in [6, 6.07) is 13.3. The van der Waals surface area contributed by atoms with Crippen LogP contribution in [0.25, 0.3) is 0 Å². The molecule has 3 rings (SSSR count). The summed E-state index contributed by atoms with van der Waals surface area (Å²) >= 11 is 0. The van der Waals surface area contributed by atoms with Crippen LogP contribution in [0.2, 0.25) is 0 Å². The molecule has 196 valence electrons. The highest BCUT2D eigenvalue weighted by molar-refractivity contribution is 7.92. The van der Waals surface area contributed by atoms with Crippen molar-refractivity contribution in [3.8, 4) is 11.5 Å². The zero-order chi connectivity index (χ0) is 26.3. The van der Waals surface area contributed by atoms with E-state index in [0.717, 1.165) is 16.3 Å². The Balaban J connectivity index is 1.95. The van der Waals surface area contributed by atoms with E-state index in [1.54, 1.807) is 18.2 Å². The van der Waals surface area contributed by atoms with E-state index in [1.165, 1.54) is 11.8 Å². The fraction of sp³-hybridized carbons (Fsp3) is 0.462. The van der Waals surface area contributed by atoms with Crippen LogP contribution >= 0.6 is 0 Å². The standard InChI is InChI=1S/C26H35N3O6S/c1-5-19(4)27-26(31)22(6-2)28(16-20-11-9-8-10-12-20)25(30)17-29(36(32,33)7-3)21-13-14-23-24(15-21)35-18-34-23/h8-15,19,22H,5-7,16-18H2,1-4H3,(H,27,31)/t19-,22+/m1/s1. The quantitative estimate of drug-likeness (QED) is 0.463. The van der Waals surface area contributed by atoms with Gasteiger partial charge in [0.2, 0.25) is 28.6 Å². The lowest BCUT2D eigenvalue weighted by molar-refractivity contribution is -0.140. The second kappa shape index (κ2) is 12.1. The van der Waals surface area contributed by atoms with Gasteiger partial charge in [0.25, 0.3) is 0 Å². The average Bonchev–Trinajstić information content (AvgIpc) is 3.35. The molecule has 0 saturated carbocycles. The molecule has 0 radical (unpaired) electrons. The van der Waals surface area contributed by atoms with Crippen LogP contribution in [0.3, 0.4) is 0 Å². The fourth-order valence-electron chi connectivity index (χ4n) is 3.90. The molecule has 0 aliphatic carbocycles. The van der Waals surface area contributed by atoms with Gasteiger partial charge in [0.15, 0.2) is 11.5 Å². The zero-order valence-corrected chi connectivity index (χ0v) is 22.1. The first-order valence-corrected chi connectivity index (χ1v) is 13.8. The number of fused-ring (bicyclic) bond motifs is 1. The van der Waals surface area contributed by atoms with Crippen molar-refractivity contribution in [2.45, 2.75) is 59.2 Å². The van der Waals surface area contributed by atoms with Crippen LogP contribution in [0, 0.1) is 0 Å². The number of rotatable bonds is 12. The molecule has 1 aliphatic rings. The summed E-state index contributed by atoms with van der Waals surface area (Å²) in [5.41, 5.74) is 1.14. The van der Waals surface area contributed by atoms with E-state index in [9.17, 15) is 18.0 Å². The van der Waals surface area contributed by atoms with E-state index in [1.807, 2.05) is 51.1 Å². The smallest absolute Gasteiger partial charge is 0.244 e. The highest BCUT2D eigenvalue weighted by atomic mass is 32.2. The van der Waals surface area contributed by atoms with E-state index >= 15 is 0 Å². The number of carbonyl (C=O) groups is 2. The molecule has 0 saturated heterocycles. The number of hydrogen-bond donors (Lipinski definition) is 1. The number of carbonyl (C=O) groups excluding carboxylic acids is 2. The summed E-state index contributed by atoms with van der Waals surface area (Å²) in [5.74, 6) is -0.00277. The first-order chi connectivity index (χ1) is 17.2. The van der Waals surface area contributed by atoms with Gasteiger partial charge < -0.3 is 19.7 Å². The zero-order valence-electron chi connectivity index (χ0n) is 21.3. The summed E-state index contributed by atoms with van der Waals surface area (Å²) < 4.78 is 38.0. The van der Waals surface area contributed by atoms with Gasteiger partial charge in [-0.2, -0.15) is 0 Å². The van der Waals surface area contributed by atoms with Gasteiger partial charge in [0.05, 0.1) is 11.4 Å². The number of amides is 2. The molecule has 0 unspecified atom stereocenters. The molecule has 2 amide bonds. The van der Waals surface area contributed by atoms with Gasteiger partial charge in [-0.25, -0.2) is 8.42 Å². The third kappa shape index (κ3) is 6.48. The molecule has 1 aliphatic heterocycles. The SMILES string of the molecule is CC[C@@H](C)NC(=O)[C@H](CC)N(Cc1ccccc1)C(=O)CN(c1ccc2c(c1)OCO2)S(=O)(=O)CC. The highest BCUT2D eigenvalue weighted by Crippen LogP contribution is 2.36. The first kappa shape index (κ1) is 27.3. The Hall–Kier alpha value is -3.27. The Bertz CT molecular complexity index is 1160. The molecule has 10 heteroatoms. The molecule has 0 fully saturated rings. The third-order valence-corrected chi connectivity index (χ3v) is 7.95. The second-order valence-electron chi connectivity index (χ2n) is 8.69. The Morgan fingerprint density at radius 3 is 2.33 bits per heavy atom. The molecule has 0 bridgehead atoms. The summed E-state index contributed by atoms with van der Waals surface area (Å²) in [7, 11) is -3.82. The molecule has 0 spiro atoms. The van der Waals surface area contributed by atoms with Crippen LogP contribution in [0.1, 0.15) is 46.1 Å². The van der Waals surface area contributed by atoms with Crippen LogP contribution in [0.5, 0.6) is 11.5 Å². The molecular formula is C26H35N3O6S. The average molecular weight is 518 g/mol. The number of sulfonamides is 1. The van der Waals surface area contributed by atoms with Crippen molar-refractivity contribution in [2.75, 3.05) is 23.4 Å². The van der Waals surface area contributed by atoms with E-state index in [2.05, 4.69) is 5.32 Å². The molecular weight excluding hydrogens is 482 g/mol. The number of anilines is 1. The van der Waals surface area contributed by atoms with Gasteiger partial charge in [0.1, 0.15) is 12.6 Å². The van der Waals surface area contributed by atoms with Gasteiger partial charge in [-0.1, -0.05) is 44.2 Å². The van der Waals surface area contributed by atoms with Crippen molar-refractivity contribution in [1.29, 1.82) is 0 Å². The van der Waals surface area contributed by atoms with E-state index < -0.39 is 28.5 Å². The summed E-state index contributed by atoms with van der Waals surface area (Å²) in [4.78, 5) is 28.4. The highest BCUT2D eigenvalue weighted by Gasteiger charge is 2.33. The summed E-state index contributed by atoms with van der Waals surface area (Å²) in [5, 5.41) is 2.96. The predicted molar refractivity (Wildman–Crippen MR) is 138 cm³/mol. The fourth-order valence-corrected chi connectivity index (χ4v) is 4.95. The maximum Gasteiger partial charge on any atom is 0.244 e. The van der Waals surface area contributed by atoms with E-state index in [-0.39, 0.29) is 31.0 Å². The van der Waals surface area contributed by atoms with Crippen molar-refractivity contribution in [2.24, 2.45) is 0 Å². The molecule has 1 N–H and O–H groups in total. The van der Waals surface area contributed by atoms with Crippen LogP contribution in [0.4, 0.5) is 5.69 Å². The molecule has 1 heterocycles. The first-order valence-electron chi connectivity index (χ1n) is 12.2. The minimum Gasteiger partial charge on any atom is -0.454 e. The number of nitrogens with one attached hydrogen (secondary N) is 1. The Labute approximate surface area is 213 Å². The van der Waals surface area contributed by atoms with Crippen molar-refractivity contribution in [1.82, 2.24) is 10.2 Å². The molecule has 0 aromatic heterocycles. The minimum atomic E-state index is -3.82. The Morgan fingerprint density at radius 1 is 1.00 bits per heavy atom. The maximum atomic E-state index is 13.8. The second-order valence-corrected chi connectivity index (χ2v) is 10.9. The number of ether oxygens (including phenoxy) is 2. The number of nitrogens with zero attached hydrogens (tertiary/aromatic N) is 2. The van der Waals surface area contributed by atoms with Crippen LogP contribution < -0.4 is 19.1 Å². The lowest BCUT2D eigenvalue weighted by Gasteiger charge is -2.33. The normalized spacial score (nSPS) is 14.1. The summed E-state index contributed by atoms with van der Waals surface area (Å²) in [6.07, 6.45) is 1.13. The van der Waals surface area contributed by atoms with Gasteiger partial charge in [-0.3, -0.25) is 13.9 Å². The molecule has 2 aromatic carbocycles. The lowest BCUT2D eigenvalue weighted by atomic mass is 10.1. The van der Waals surface area contributed by atoms with Crippen molar-refractivity contribution >= 4 is 27.5 Å². The minimum absolute atomic E-state index is 0.0482.